The summed E-state index contributed by atoms with van der Waals surface area (Å²) in [7, 11) is 0. The smallest absolute Gasteiger partial charge is 0.230 e. The molecule has 0 N–H and O–H groups in total. The van der Waals surface area contributed by atoms with E-state index in [2.05, 4.69) is 20.1 Å². The fourth-order valence-electron chi connectivity index (χ4n) is 4.32. The van der Waals surface area contributed by atoms with Crippen LogP contribution in [0.4, 0.5) is 0 Å². The van der Waals surface area contributed by atoms with Gasteiger partial charge in [-0.1, -0.05) is 10.3 Å². The molecule has 5 rings (SSSR count). The Bertz CT molecular complexity index is 777. The third-order valence-electron chi connectivity index (χ3n) is 5.67. The number of hydrogen-bond donors (Lipinski definition) is 0. The van der Waals surface area contributed by atoms with Crippen LogP contribution in [-0.4, -0.2) is 51.7 Å². The van der Waals surface area contributed by atoms with E-state index in [1.54, 1.807) is 0 Å². The van der Waals surface area contributed by atoms with Crippen molar-refractivity contribution in [3.8, 4) is 0 Å². The van der Waals surface area contributed by atoms with Gasteiger partial charge < -0.3 is 13.9 Å². The van der Waals surface area contributed by atoms with E-state index in [-0.39, 0.29) is 11.9 Å². The summed E-state index contributed by atoms with van der Waals surface area (Å²) in [5.41, 5.74) is 2.96. The van der Waals surface area contributed by atoms with Gasteiger partial charge in [0.05, 0.1) is 17.8 Å². The zero-order valence-electron chi connectivity index (χ0n) is 15.7. The van der Waals surface area contributed by atoms with E-state index in [4.69, 9.17) is 9.05 Å². The molecular formula is C19H26N4O3. The number of carbonyl (C=O) groups is 1. The van der Waals surface area contributed by atoms with E-state index < -0.39 is 0 Å². The summed E-state index contributed by atoms with van der Waals surface area (Å²) in [5, 5.41) is 7.95. The summed E-state index contributed by atoms with van der Waals surface area (Å²) < 4.78 is 10.5. The summed E-state index contributed by atoms with van der Waals surface area (Å²) in [6.07, 6.45) is 2.56. The lowest BCUT2D eigenvalue weighted by Gasteiger charge is -2.36. The topological polar surface area (TPSA) is 75.6 Å². The highest BCUT2D eigenvalue weighted by molar-refractivity contribution is 5.78. The van der Waals surface area contributed by atoms with Gasteiger partial charge in [0.25, 0.3) is 0 Å². The summed E-state index contributed by atoms with van der Waals surface area (Å²) >= 11 is 0. The molecule has 7 nitrogen and oxygen atoms in total. The second-order valence-corrected chi connectivity index (χ2v) is 7.75. The van der Waals surface area contributed by atoms with Crippen molar-refractivity contribution in [3.63, 3.8) is 0 Å². The van der Waals surface area contributed by atoms with Crippen molar-refractivity contribution < 1.29 is 13.8 Å². The molecule has 1 amide bonds. The molecule has 2 bridgehead atoms. The molecule has 140 valence electrons. The van der Waals surface area contributed by atoms with Crippen molar-refractivity contribution in [1.82, 2.24) is 20.1 Å². The molecule has 3 aliphatic rings. The normalized spacial score (nSPS) is 23.4. The highest BCUT2D eigenvalue weighted by Crippen LogP contribution is 2.30. The molecule has 2 aromatic heterocycles. The van der Waals surface area contributed by atoms with Gasteiger partial charge in [-0.2, -0.15) is 0 Å². The van der Waals surface area contributed by atoms with Crippen LogP contribution in [0.1, 0.15) is 41.3 Å². The van der Waals surface area contributed by atoms with E-state index in [1.165, 1.54) is 12.0 Å². The number of nitrogens with zero attached hydrogens (tertiary/aromatic N) is 4. The van der Waals surface area contributed by atoms with E-state index in [0.29, 0.717) is 18.1 Å². The molecule has 26 heavy (non-hydrogen) atoms. The first-order chi connectivity index (χ1) is 12.5. The zero-order chi connectivity index (χ0) is 18.3. The average molecular weight is 358 g/mol. The maximum Gasteiger partial charge on any atom is 0.230 e. The molecule has 3 fully saturated rings. The minimum Gasteiger partial charge on any atom is -0.361 e. The Morgan fingerprint density at radius 2 is 2.00 bits per heavy atom. The van der Waals surface area contributed by atoms with Crippen LogP contribution >= 0.6 is 0 Å². The standard InChI is InChI=1S/C19H26N4O3/c1-12-6-17(26-20-12)7-19(24)23-9-15-4-5-16(23)10-22(8-15)11-18-13(2)21-25-14(18)3/h6,15-16H,4-5,7-11H2,1-3H3/t15-,16+/m1/s1. The molecule has 3 aliphatic heterocycles. The number of amides is 1. The van der Waals surface area contributed by atoms with Crippen LogP contribution in [0.2, 0.25) is 0 Å². The van der Waals surface area contributed by atoms with E-state index in [0.717, 1.165) is 49.7 Å². The van der Waals surface area contributed by atoms with Gasteiger partial charge in [0.2, 0.25) is 5.91 Å². The fraction of sp³-hybridized carbons (Fsp3) is 0.632. The molecular weight excluding hydrogens is 332 g/mol. The lowest BCUT2D eigenvalue weighted by Crippen LogP contribution is -2.47. The maximum atomic E-state index is 12.8. The van der Waals surface area contributed by atoms with E-state index >= 15 is 0 Å². The van der Waals surface area contributed by atoms with Gasteiger partial charge >= 0.3 is 0 Å². The third-order valence-corrected chi connectivity index (χ3v) is 5.67. The number of carbonyl (C=O) groups excluding carboxylic acids is 1. The summed E-state index contributed by atoms with van der Waals surface area (Å²) in [5.74, 6) is 2.22. The van der Waals surface area contributed by atoms with Gasteiger partial charge in [0.1, 0.15) is 11.5 Å². The SMILES string of the molecule is Cc1cc(CC(=O)N2C[C@@H]3CC[C@H]2CN(Cc2c(C)noc2C)C3)on1. The quantitative estimate of drug-likeness (QED) is 0.834. The van der Waals surface area contributed by atoms with Crippen LogP contribution in [0.15, 0.2) is 15.1 Å². The lowest BCUT2D eigenvalue weighted by atomic mass is 9.94. The van der Waals surface area contributed by atoms with Gasteiger partial charge in [-0.15, -0.1) is 0 Å². The monoisotopic (exact) mass is 358 g/mol. The highest BCUT2D eigenvalue weighted by Gasteiger charge is 2.37. The number of hydrogen-bond acceptors (Lipinski definition) is 6. The van der Waals surface area contributed by atoms with Gasteiger partial charge in [0, 0.05) is 43.9 Å². The minimum absolute atomic E-state index is 0.148. The molecule has 5 heterocycles. The van der Waals surface area contributed by atoms with Crippen LogP contribution in [0, 0.1) is 26.7 Å². The second-order valence-electron chi connectivity index (χ2n) is 7.75. The van der Waals surface area contributed by atoms with Gasteiger partial charge in [-0.3, -0.25) is 9.69 Å². The van der Waals surface area contributed by atoms with Crippen molar-refractivity contribution in [2.75, 3.05) is 19.6 Å². The molecule has 2 atom stereocenters. The lowest BCUT2D eigenvalue weighted by molar-refractivity contribution is -0.134. The summed E-state index contributed by atoms with van der Waals surface area (Å²) in [6, 6.07) is 2.11. The van der Waals surface area contributed by atoms with Crippen LogP contribution in [0.3, 0.4) is 0 Å². The van der Waals surface area contributed by atoms with Crippen molar-refractivity contribution in [2.24, 2.45) is 5.92 Å². The predicted molar refractivity (Wildman–Crippen MR) is 94.4 cm³/mol. The summed E-state index contributed by atoms with van der Waals surface area (Å²) in [4.78, 5) is 17.4. The molecule has 3 saturated heterocycles. The molecule has 0 aliphatic carbocycles. The molecule has 0 spiro atoms. The molecule has 0 radical (unpaired) electrons. The van der Waals surface area contributed by atoms with Crippen molar-refractivity contribution >= 4 is 5.91 Å². The number of rotatable bonds is 4. The van der Waals surface area contributed by atoms with Gasteiger partial charge in [-0.25, -0.2) is 0 Å². The van der Waals surface area contributed by atoms with Gasteiger partial charge in [-0.05, 0) is 39.5 Å². The van der Waals surface area contributed by atoms with Crippen molar-refractivity contribution in [3.05, 3.63) is 34.5 Å². The van der Waals surface area contributed by atoms with E-state index in [9.17, 15) is 4.79 Å². The molecule has 0 unspecified atom stereocenters. The molecule has 0 aromatic carbocycles. The van der Waals surface area contributed by atoms with Crippen LogP contribution in [0.25, 0.3) is 0 Å². The maximum absolute atomic E-state index is 12.8. The number of fused-ring (bicyclic) bond motifs is 4. The molecule has 2 aromatic rings. The van der Waals surface area contributed by atoms with Crippen molar-refractivity contribution in [2.45, 2.75) is 52.6 Å². The number of aryl methyl sites for hydroxylation is 3. The first-order valence-corrected chi connectivity index (χ1v) is 9.35. The Kier molecular flexibility index (Phi) is 4.56. The molecule has 0 saturated carbocycles. The Morgan fingerprint density at radius 3 is 2.69 bits per heavy atom. The molecule has 7 heteroatoms. The first-order valence-electron chi connectivity index (χ1n) is 9.35. The number of aromatic nitrogens is 2. The van der Waals surface area contributed by atoms with Crippen LogP contribution in [-0.2, 0) is 17.8 Å². The Hall–Kier alpha value is -2.15. The Balaban J connectivity index is 1.45. The van der Waals surface area contributed by atoms with E-state index in [1.807, 2.05) is 26.8 Å². The predicted octanol–water partition coefficient (Wildman–Crippen LogP) is 2.25. The minimum atomic E-state index is 0.148. The van der Waals surface area contributed by atoms with Gasteiger partial charge in [0.15, 0.2) is 0 Å². The van der Waals surface area contributed by atoms with Crippen LogP contribution < -0.4 is 0 Å². The second kappa shape index (κ2) is 6.87. The first kappa shape index (κ1) is 17.3. The fourth-order valence-corrected chi connectivity index (χ4v) is 4.32. The van der Waals surface area contributed by atoms with Crippen molar-refractivity contribution in [1.29, 1.82) is 0 Å². The summed E-state index contributed by atoms with van der Waals surface area (Å²) in [6.45, 7) is 9.45. The average Bonchev–Trinajstić information content (AvgIpc) is 3.02. The third kappa shape index (κ3) is 3.40. The van der Waals surface area contributed by atoms with Crippen LogP contribution in [0.5, 0.6) is 0 Å². The highest BCUT2D eigenvalue weighted by atomic mass is 16.5. The largest absolute Gasteiger partial charge is 0.361 e. The zero-order valence-corrected chi connectivity index (χ0v) is 15.7. The Morgan fingerprint density at radius 1 is 1.15 bits per heavy atom. The Labute approximate surface area is 153 Å². The number of piperidine rings is 1.